The van der Waals surface area contributed by atoms with Gasteiger partial charge in [0.05, 0.1) is 12.6 Å². The van der Waals surface area contributed by atoms with Crippen LogP contribution in [0.25, 0.3) is 0 Å². The van der Waals surface area contributed by atoms with E-state index >= 15 is 0 Å². The third kappa shape index (κ3) is 2.29. The van der Waals surface area contributed by atoms with E-state index in [1.807, 2.05) is 25.1 Å². The molecule has 0 unspecified atom stereocenters. The molecule has 0 spiro atoms. The molecule has 0 saturated carbocycles. The summed E-state index contributed by atoms with van der Waals surface area (Å²) in [7, 11) is 0. The van der Waals surface area contributed by atoms with Crippen molar-refractivity contribution in [3.63, 3.8) is 0 Å². The van der Waals surface area contributed by atoms with E-state index in [0.29, 0.717) is 13.2 Å². The Bertz CT molecular complexity index is 409. The lowest BCUT2D eigenvalue weighted by Crippen LogP contribution is -2.22. The zero-order chi connectivity index (χ0) is 11.5. The summed E-state index contributed by atoms with van der Waals surface area (Å²) in [5.74, 6) is 0.819. The first-order valence-corrected chi connectivity index (χ1v) is 5.96. The van der Waals surface area contributed by atoms with Crippen LogP contribution >= 0.6 is 15.9 Å². The number of amides is 2. The minimum atomic E-state index is -0.132. The van der Waals surface area contributed by atoms with Crippen molar-refractivity contribution in [3.8, 4) is 5.75 Å². The standard InChI is InChI=1S/C11H13BrN2O2/c1-2-16-10-4-3-7(12)5-8(10)9-6-13-11(15)14-9/h3-5,9H,2,6H2,1H3,(H2,13,14,15)/t9-/m1/s1. The maximum atomic E-state index is 11.1. The minimum Gasteiger partial charge on any atom is -0.494 e. The third-order valence-corrected chi connectivity index (χ3v) is 2.91. The predicted octanol–water partition coefficient (Wildman–Crippen LogP) is 2.20. The number of carbonyl (C=O) groups is 1. The Balaban J connectivity index is 2.29. The highest BCUT2D eigenvalue weighted by Gasteiger charge is 2.24. The van der Waals surface area contributed by atoms with Gasteiger partial charge >= 0.3 is 6.03 Å². The fourth-order valence-electron chi connectivity index (χ4n) is 1.72. The van der Waals surface area contributed by atoms with Gasteiger partial charge in [-0.3, -0.25) is 0 Å². The number of benzene rings is 1. The molecule has 1 fully saturated rings. The maximum absolute atomic E-state index is 11.1. The summed E-state index contributed by atoms with van der Waals surface area (Å²) >= 11 is 3.42. The number of hydrogen-bond donors (Lipinski definition) is 2. The predicted molar refractivity (Wildman–Crippen MR) is 64.6 cm³/mol. The monoisotopic (exact) mass is 284 g/mol. The van der Waals surface area contributed by atoms with Gasteiger partial charge in [-0.2, -0.15) is 0 Å². The molecule has 2 amide bonds. The molecule has 4 nitrogen and oxygen atoms in total. The molecule has 0 bridgehead atoms. The number of halogens is 1. The van der Waals surface area contributed by atoms with Gasteiger partial charge in [-0.15, -0.1) is 0 Å². The summed E-state index contributed by atoms with van der Waals surface area (Å²) in [6.07, 6.45) is 0. The first kappa shape index (κ1) is 11.3. The molecule has 1 aromatic carbocycles. The fourth-order valence-corrected chi connectivity index (χ4v) is 2.10. The molecular formula is C11H13BrN2O2. The number of hydrogen-bond acceptors (Lipinski definition) is 2. The summed E-state index contributed by atoms with van der Waals surface area (Å²) in [4.78, 5) is 11.1. The maximum Gasteiger partial charge on any atom is 0.315 e. The van der Waals surface area contributed by atoms with Crippen LogP contribution in [-0.2, 0) is 0 Å². The summed E-state index contributed by atoms with van der Waals surface area (Å²) in [6.45, 7) is 3.15. The number of ether oxygens (including phenoxy) is 1. The summed E-state index contributed by atoms with van der Waals surface area (Å²) < 4.78 is 6.52. The van der Waals surface area contributed by atoms with Crippen molar-refractivity contribution in [3.05, 3.63) is 28.2 Å². The first-order chi connectivity index (χ1) is 7.70. The van der Waals surface area contributed by atoms with Gasteiger partial charge in [-0.25, -0.2) is 4.79 Å². The van der Waals surface area contributed by atoms with Crippen molar-refractivity contribution in [1.29, 1.82) is 0 Å². The molecule has 0 radical (unpaired) electrons. The molecule has 1 aliphatic rings. The fraction of sp³-hybridized carbons (Fsp3) is 0.364. The van der Waals surface area contributed by atoms with Crippen molar-refractivity contribution in [2.75, 3.05) is 13.2 Å². The SMILES string of the molecule is CCOc1ccc(Br)cc1[C@H]1CNC(=O)N1. The molecule has 1 saturated heterocycles. The zero-order valence-corrected chi connectivity index (χ0v) is 10.5. The molecule has 16 heavy (non-hydrogen) atoms. The van der Waals surface area contributed by atoms with Gasteiger partial charge in [0.1, 0.15) is 5.75 Å². The molecule has 1 aliphatic heterocycles. The van der Waals surface area contributed by atoms with Gasteiger partial charge in [0.15, 0.2) is 0 Å². The molecule has 2 N–H and O–H groups in total. The van der Waals surface area contributed by atoms with Gasteiger partial charge in [0, 0.05) is 16.6 Å². The average molecular weight is 285 g/mol. The lowest BCUT2D eigenvalue weighted by atomic mass is 10.1. The summed E-state index contributed by atoms with van der Waals surface area (Å²) in [6, 6.07) is 5.66. The van der Waals surface area contributed by atoms with E-state index in [1.54, 1.807) is 0 Å². The van der Waals surface area contributed by atoms with E-state index in [0.717, 1.165) is 15.8 Å². The first-order valence-electron chi connectivity index (χ1n) is 5.17. The van der Waals surface area contributed by atoms with Crippen LogP contribution in [0.3, 0.4) is 0 Å². The molecular weight excluding hydrogens is 272 g/mol. The number of nitrogens with one attached hydrogen (secondary N) is 2. The Morgan fingerprint density at radius 3 is 3.00 bits per heavy atom. The van der Waals surface area contributed by atoms with Gasteiger partial charge in [0.2, 0.25) is 0 Å². The van der Waals surface area contributed by atoms with Gasteiger partial charge in [-0.05, 0) is 25.1 Å². The van der Waals surface area contributed by atoms with E-state index in [1.165, 1.54) is 0 Å². The van der Waals surface area contributed by atoms with Crippen LogP contribution in [0.5, 0.6) is 5.75 Å². The molecule has 0 aliphatic carbocycles. The van der Waals surface area contributed by atoms with Crippen LogP contribution in [0.1, 0.15) is 18.5 Å². The van der Waals surface area contributed by atoms with Gasteiger partial charge in [-0.1, -0.05) is 15.9 Å². The summed E-state index contributed by atoms with van der Waals surface area (Å²) in [5, 5.41) is 5.58. The van der Waals surface area contributed by atoms with E-state index in [2.05, 4.69) is 26.6 Å². The molecule has 1 atom stereocenters. The highest BCUT2D eigenvalue weighted by Crippen LogP contribution is 2.29. The van der Waals surface area contributed by atoms with Crippen molar-refractivity contribution in [2.24, 2.45) is 0 Å². The van der Waals surface area contributed by atoms with Gasteiger partial charge in [0.25, 0.3) is 0 Å². The minimum absolute atomic E-state index is 0.0217. The zero-order valence-electron chi connectivity index (χ0n) is 8.92. The van der Waals surface area contributed by atoms with Crippen LogP contribution in [0.2, 0.25) is 0 Å². The van der Waals surface area contributed by atoms with Crippen LogP contribution in [0, 0.1) is 0 Å². The average Bonchev–Trinajstić information content (AvgIpc) is 2.68. The number of urea groups is 1. The number of carbonyl (C=O) groups excluding carboxylic acids is 1. The molecule has 2 rings (SSSR count). The van der Waals surface area contributed by atoms with Crippen LogP contribution in [0.15, 0.2) is 22.7 Å². The molecule has 1 aromatic rings. The lowest BCUT2D eigenvalue weighted by molar-refractivity contribution is 0.247. The molecule has 86 valence electrons. The van der Waals surface area contributed by atoms with E-state index < -0.39 is 0 Å². The topological polar surface area (TPSA) is 50.4 Å². The van der Waals surface area contributed by atoms with E-state index in [4.69, 9.17) is 4.74 Å². The second-order valence-corrected chi connectivity index (χ2v) is 4.44. The van der Waals surface area contributed by atoms with Crippen LogP contribution in [0.4, 0.5) is 4.79 Å². The second-order valence-electron chi connectivity index (χ2n) is 3.52. The number of rotatable bonds is 3. The Hall–Kier alpha value is -1.23. The smallest absolute Gasteiger partial charge is 0.315 e. The highest BCUT2D eigenvalue weighted by atomic mass is 79.9. The van der Waals surface area contributed by atoms with Crippen molar-refractivity contribution >= 4 is 22.0 Å². The van der Waals surface area contributed by atoms with Gasteiger partial charge < -0.3 is 15.4 Å². The second kappa shape index (κ2) is 4.74. The van der Waals surface area contributed by atoms with E-state index in [-0.39, 0.29) is 12.1 Å². The Morgan fingerprint density at radius 2 is 2.38 bits per heavy atom. The Morgan fingerprint density at radius 1 is 1.56 bits per heavy atom. The van der Waals surface area contributed by atoms with Crippen LogP contribution in [-0.4, -0.2) is 19.2 Å². The summed E-state index contributed by atoms with van der Waals surface area (Å²) in [5.41, 5.74) is 0.995. The van der Waals surface area contributed by atoms with Crippen molar-refractivity contribution in [1.82, 2.24) is 10.6 Å². The quantitative estimate of drug-likeness (QED) is 0.894. The lowest BCUT2D eigenvalue weighted by Gasteiger charge is -2.15. The third-order valence-electron chi connectivity index (χ3n) is 2.42. The Labute approximate surface area is 102 Å². The van der Waals surface area contributed by atoms with Crippen molar-refractivity contribution in [2.45, 2.75) is 13.0 Å². The van der Waals surface area contributed by atoms with Crippen LogP contribution < -0.4 is 15.4 Å². The normalized spacial score (nSPS) is 19.1. The Kier molecular flexibility index (Phi) is 3.33. The largest absolute Gasteiger partial charge is 0.494 e. The molecule has 1 heterocycles. The highest BCUT2D eigenvalue weighted by molar-refractivity contribution is 9.10. The molecule has 5 heteroatoms. The molecule has 0 aromatic heterocycles. The van der Waals surface area contributed by atoms with E-state index in [9.17, 15) is 4.79 Å². The van der Waals surface area contributed by atoms with Crippen molar-refractivity contribution < 1.29 is 9.53 Å².